The van der Waals surface area contributed by atoms with Crippen molar-refractivity contribution in [2.75, 3.05) is 5.32 Å². The summed E-state index contributed by atoms with van der Waals surface area (Å²) in [5, 5.41) is 17.2. The van der Waals surface area contributed by atoms with Gasteiger partial charge in [-0.25, -0.2) is 4.68 Å². The SMILES string of the molecule is Cc1cc(Nc2nn(C3CCCCC3)c3cc[nH]c(=O)c23)ccc1C(C(C)C)n1ccnn1. The van der Waals surface area contributed by atoms with E-state index in [2.05, 4.69) is 64.3 Å². The second-order valence-electron chi connectivity index (χ2n) is 9.42. The number of hydrogen-bond donors (Lipinski definition) is 2. The summed E-state index contributed by atoms with van der Waals surface area (Å²) >= 11 is 0. The fourth-order valence-electron chi connectivity index (χ4n) is 5.19. The molecule has 5 rings (SSSR count). The Balaban J connectivity index is 1.50. The van der Waals surface area contributed by atoms with Crippen LogP contribution in [0.5, 0.6) is 0 Å². The number of nitrogens with zero attached hydrogens (tertiary/aromatic N) is 5. The molecule has 172 valence electrons. The van der Waals surface area contributed by atoms with Gasteiger partial charge in [0.15, 0.2) is 5.82 Å². The van der Waals surface area contributed by atoms with Gasteiger partial charge in [-0.15, -0.1) is 5.10 Å². The average molecular weight is 446 g/mol. The summed E-state index contributed by atoms with van der Waals surface area (Å²) < 4.78 is 3.98. The first-order chi connectivity index (χ1) is 16.0. The molecular weight excluding hydrogens is 414 g/mol. The number of hydrogen-bond acceptors (Lipinski definition) is 5. The lowest BCUT2D eigenvalue weighted by atomic mass is 9.92. The van der Waals surface area contributed by atoms with E-state index in [9.17, 15) is 4.79 Å². The second kappa shape index (κ2) is 8.84. The van der Waals surface area contributed by atoms with Crippen LogP contribution in [0.15, 0.2) is 47.7 Å². The normalized spacial score (nSPS) is 15.9. The molecule has 4 aromatic rings. The molecule has 0 radical (unpaired) electrons. The average Bonchev–Trinajstić information content (AvgIpc) is 3.45. The van der Waals surface area contributed by atoms with Gasteiger partial charge in [0.2, 0.25) is 0 Å². The Hall–Kier alpha value is -3.42. The van der Waals surface area contributed by atoms with Crippen LogP contribution < -0.4 is 10.9 Å². The first-order valence-corrected chi connectivity index (χ1v) is 11.9. The zero-order valence-electron chi connectivity index (χ0n) is 19.5. The number of nitrogens with one attached hydrogen (secondary N) is 2. The minimum Gasteiger partial charge on any atom is -0.338 e. The molecular formula is C25H31N7O. The molecule has 0 amide bonds. The van der Waals surface area contributed by atoms with Crippen LogP contribution >= 0.6 is 0 Å². The lowest BCUT2D eigenvalue weighted by Gasteiger charge is -2.23. The van der Waals surface area contributed by atoms with E-state index < -0.39 is 0 Å². The zero-order chi connectivity index (χ0) is 22.9. The van der Waals surface area contributed by atoms with E-state index in [0.29, 0.717) is 23.2 Å². The molecule has 3 heterocycles. The van der Waals surface area contributed by atoms with Crippen molar-refractivity contribution in [3.63, 3.8) is 0 Å². The van der Waals surface area contributed by atoms with Crippen LogP contribution in [0.25, 0.3) is 10.9 Å². The van der Waals surface area contributed by atoms with Crippen molar-refractivity contribution < 1.29 is 0 Å². The lowest BCUT2D eigenvalue weighted by Crippen LogP contribution is -2.18. The quantitative estimate of drug-likeness (QED) is 0.430. The fraction of sp³-hybridized carbons (Fsp3) is 0.440. The van der Waals surface area contributed by atoms with Crippen LogP contribution in [0, 0.1) is 12.8 Å². The number of benzene rings is 1. The molecule has 2 N–H and O–H groups in total. The van der Waals surface area contributed by atoms with E-state index in [1.807, 2.05) is 16.9 Å². The van der Waals surface area contributed by atoms with Crippen molar-refractivity contribution in [3.8, 4) is 0 Å². The molecule has 0 spiro atoms. The van der Waals surface area contributed by atoms with Gasteiger partial charge >= 0.3 is 0 Å². The number of fused-ring (bicyclic) bond motifs is 1. The third-order valence-electron chi connectivity index (χ3n) is 6.76. The van der Waals surface area contributed by atoms with Crippen molar-refractivity contribution >= 4 is 22.4 Å². The van der Waals surface area contributed by atoms with Crippen molar-refractivity contribution in [3.05, 3.63) is 64.3 Å². The van der Waals surface area contributed by atoms with Crippen LogP contribution in [0.1, 0.15) is 69.2 Å². The van der Waals surface area contributed by atoms with Crippen molar-refractivity contribution in [2.45, 2.75) is 65.0 Å². The Kier molecular flexibility index (Phi) is 5.74. The van der Waals surface area contributed by atoms with Crippen LogP contribution in [0.3, 0.4) is 0 Å². The summed E-state index contributed by atoms with van der Waals surface area (Å²) in [6.45, 7) is 6.49. The number of pyridine rings is 1. The van der Waals surface area contributed by atoms with E-state index in [-0.39, 0.29) is 11.6 Å². The number of aromatic amines is 1. The maximum atomic E-state index is 12.7. The lowest BCUT2D eigenvalue weighted by molar-refractivity contribution is 0.338. The molecule has 8 heteroatoms. The second-order valence-corrected chi connectivity index (χ2v) is 9.42. The maximum Gasteiger partial charge on any atom is 0.261 e. The number of aromatic nitrogens is 6. The first-order valence-electron chi connectivity index (χ1n) is 11.9. The van der Waals surface area contributed by atoms with E-state index in [4.69, 9.17) is 5.10 Å². The van der Waals surface area contributed by atoms with Crippen LogP contribution in [-0.4, -0.2) is 29.8 Å². The van der Waals surface area contributed by atoms with Crippen LogP contribution in [0.4, 0.5) is 11.5 Å². The smallest absolute Gasteiger partial charge is 0.261 e. The van der Waals surface area contributed by atoms with Crippen molar-refractivity contribution in [1.29, 1.82) is 0 Å². The minimum absolute atomic E-state index is 0.107. The summed E-state index contributed by atoms with van der Waals surface area (Å²) in [6.07, 6.45) is 11.2. The van der Waals surface area contributed by atoms with Gasteiger partial charge in [-0.1, -0.05) is 44.4 Å². The van der Waals surface area contributed by atoms with Crippen LogP contribution in [0.2, 0.25) is 0 Å². The number of anilines is 2. The van der Waals surface area contributed by atoms with Crippen LogP contribution in [-0.2, 0) is 0 Å². The highest BCUT2D eigenvalue weighted by molar-refractivity contribution is 5.91. The molecule has 0 aliphatic heterocycles. The molecule has 33 heavy (non-hydrogen) atoms. The molecule has 1 unspecified atom stereocenters. The Bertz CT molecular complexity index is 1300. The third kappa shape index (κ3) is 4.05. The summed E-state index contributed by atoms with van der Waals surface area (Å²) in [4.78, 5) is 15.6. The summed E-state index contributed by atoms with van der Waals surface area (Å²) in [7, 11) is 0. The Labute approximate surface area is 193 Å². The largest absolute Gasteiger partial charge is 0.338 e. The van der Waals surface area contributed by atoms with Gasteiger partial charge in [0.1, 0.15) is 5.39 Å². The van der Waals surface area contributed by atoms with E-state index in [1.165, 1.54) is 24.8 Å². The Morgan fingerprint density at radius 2 is 1.97 bits per heavy atom. The molecule has 1 fully saturated rings. The van der Waals surface area contributed by atoms with E-state index in [0.717, 1.165) is 29.6 Å². The summed E-state index contributed by atoms with van der Waals surface area (Å²) in [5.41, 5.74) is 4.05. The summed E-state index contributed by atoms with van der Waals surface area (Å²) in [6, 6.07) is 8.71. The van der Waals surface area contributed by atoms with Crippen molar-refractivity contribution in [1.82, 2.24) is 29.8 Å². The first kappa shape index (κ1) is 21.4. The summed E-state index contributed by atoms with van der Waals surface area (Å²) in [5.74, 6) is 0.971. The molecule has 0 bridgehead atoms. The third-order valence-corrected chi connectivity index (χ3v) is 6.76. The minimum atomic E-state index is -0.114. The van der Waals surface area contributed by atoms with E-state index in [1.54, 1.807) is 12.4 Å². The Morgan fingerprint density at radius 1 is 1.15 bits per heavy atom. The fourth-order valence-corrected chi connectivity index (χ4v) is 5.19. The van der Waals surface area contributed by atoms with Gasteiger partial charge in [0.25, 0.3) is 5.56 Å². The molecule has 1 saturated carbocycles. The molecule has 1 aliphatic carbocycles. The molecule has 1 aromatic carbocycles. The monoisotopic (exact) mass is 445 g/mol. The molecule has 3 aromatic heterocycles. The van der Waals surface area contributed by atoms with Gasteiger partial charge < -0.3 is 10.3 Å². The highest BCUT2D eigenvalue weighted by Crippen LogP contribution is 2.34. The van der Waals surface area contributed by atoms with Crippen molar-refractivity contribution in [2.24, 2.45) is 5.92 Å². The zero-order valence-corrected chi connectivity index (χ0v) is 19.5. The predicted molar refractivity (Wildman–Crippen MR) is 130 cm³/mol. The van der Waals surface area contributed by atoms with E-state index >= 15 is 0 Å². The van der Waals surface area contributed by atoms with Gasteiger partial charge in [0, 0.05) is 18.1 Å². The highest BCUT2D eigenvalue weighted by Gasteiger charge is 2.23. The van der Waals surface area contributed by atoms with Gasteiger partial charge in [-0.3, -0.25) is 9.48 Å². The maximum absolute atomic E-state index is 12.7. The molecule has 1 atom stereocenters. The van der Waals surface area contributed by atoms with Gasteiger partial charge in [-0.2, -0.15) is 5.10 Å². The van der Waals surface area contributed by atoms with Gasteiger partial charge in [-0.05, 0) is 55.0 Å². The van der Waals surface area contributed by atoms with Gasteiger partial charge in [0.05, 0.1) is 23.8 Å². The molecule has 0 saturated heterocycles. The topological polar surface area (TPSA) is 93.4 Å². The number of aryl methyl sites for hydroxylation is 1. The molecule has 1 aliphatic rings. The standard InChI is InChI=1S/C25H31N7O/c1-16(2)23(31-14-13-27-30-31)20-10-9-18(15-17(20)3)28-24-22-21(11-12-26-25(22)33)32(29-24)19-7-5-4-6-8-19/h9-16,19,23H,4-8H2,1-3H3,(H,26,33)(H,28,29). The Morgan fingerprint density at radius 3 is 2.67 bits per heavy atom. The molecule has 8 nitrogen and oxygen atoms in total. The number of H-pyrrole nitrogens is 1. The highest BCUT2D eigenvalue weighted by atomic mass is 16.1. The number of rotatable bonds is 6. The predicted octanol–water partition coefficient (Wildman–Crippen LogP) is 5.12.